The van der Waals surface area contributed by atoms with Crippen LogP contribution >= 0.6 is 0 Å². The van der Waals surface area contributed by atoms with Gasteiger partial charge in [0.05, 0.1) is 0 Å². The summed E-state index contributed by atoms with van der Waals surface area (Å²) in [6, 6.07) is 7.99. The van der Waals surface area contributed by atoms with Gasteiger partial charge in [0, 0.05) is 5.69 Å². The standard InChI is InChI=1S/C12H17N.C2H6/c1-3-10(4-2)9-11-5-7-12(13)8-6-11;1-2/h5-9H,3-4,13H2,1-2H3;1-2H3. The predicted octanol–water partition coefficient (Wildman–Crippen LogP) is 4.50. The maximum absolute atomic E-state index is 5.60. The second-order valence-corrected chi connectivity index (χ2v) is 3.18. The lowest BCUT2D eigenvalue weighted by molar-refractivity contribution is 0.990. The van der Waals surface area contributed by atoms with E-state index in [2.05, 4.69) is 32.1 Å². The normalized spacial score (nSPS) is 8.80. The first-order valence-corrected chi connectivity index (χ1v) is 5.81. The lowest BCUT2D eigenvalue weighted by Gasteiger charge is -2.00. The molecule has 0 saturated carbocycles. The number of rotatable bonds is 3. The van der Waals surface area contributed by atoms with Crippen LogP contribution in [0.2, 0.25) is 0 Å². The Balaban J connectivity index is 0.000000921. The highest BCUT2D eigenvalue weighted by molar-refractivity contribution is 5.55. The first-order valence-electron chi connectivity index (χ1n) is 5.81. The average Bonchev–Trinajstić information content (AvgIpc) is 2.31. The molecule has 0 atom stereocenters. The zero-order chi connectivity index (χ0) is 11.7. The molecule has 0 heterocycles. The number of hydrogen-bond acceptors (Lipinski definition) is 1. The van der Waals surface area contributed by atoms with Crippen molar-refractivity contribution >= 4 is 11.8 Å². The van der Waals surface area contributed by atoms with Crippen molar-refractivity contribution < 1.29 is 0 Å². The number of allylic oxidation sites excluding steroid dienone is 1. The van der Waals surface area contributed by atoms with Crippen molar-refractivity contribution in [2.45, 2.75) is 40.5 Å². The Morgan fingerprint density at radius 2 is 1.53 bits per heavy atom. The number of nitrogens with two attached hydrogens (primary N) is 1. The molecule has 0 unspecified atom stereocenters. The summed E-state index contributed by atoms with van der Waals surface area (Å²) in [5.41, 5.74) is 9.15. The number of hydrogen-bond donors (Lipinski definition) is 1. The lowest BCUT2D eigenvalue weighted by Crippen LogP contribution is -1.84. The second-order valence-electron chi connectivity index (χ2n) is 3.18. The summed E-state index contributed by atoms with van der Waals surface area (Å²) in [4.78, 5) is 0. The van der Waals surface area contributed by atoms with E-state index in [1.807, 2.05) is 26.0 Å². The van der Waals surface area contributed by atoms with Gasteiger partial charge in [-0.25, -0.2) is 0 Å². The fraction of sp³-hybridized carbons (Fsp3) is 0.429. The van der Waals surface area contributed by atoms with Gasteiger partial charge in [0.15, 0.2) is 0 Å². The van der Waals surface area contributed by atoms with Crippen LogP contribution in [0.3, 0.4) is 0 Å². The molecule has 0 aliphatic carbocycles. The van der Waals surface area contributed by atoms with Crippen LogP contribution in [0.1, 0.15) is 46.1 Å². The Hall–Kier alpha value is -1.24. The fourth-order valence-electron chi connectivity index (χ4n) is 1.28. The molecular formula is C14H23N. The zero-order valence-corrected chi connectivity index (χ0v) is 10.4. The number of anilines is 1. The van der Waals surface area contributed by atoms with E-state index in [9.17, 15) is 0 Å². The molecule has 0 aliphatic rings. The maximum Gasteiger partial charge on any atom is 0.0314 e. The molecule has 0 bridgehead atoms. The van der Waals surface area contributed by atoms with Gasteiger partial charge in [-0.15, -0.1) is 0 Å². The molecule has 1 nitrogen and oxygen atoms in total. The summed E-state index contributed by atoms with van der Waals surface area (Å²) >= 11 is 0. The van der Waals surface area contributed by atoms with Crippen LogP contribution < -0.4 is 5.73 Å². The van der Waals surface area contributed by atoms with E-state index in [4.69, 9.17) is 5.73 Å². The minimum Gasteiger partial charge on any atom is -0.399 e. The van der Waals surface area contributed by atoms with Crippen molar-refractivity contribution in [3.05, 3.63) is 35.4 Å². The first-order chi connectivity index (χ1) is 7.26. The van der Waals surface area contributed by atoms with Crippen molar-refractivity contribution in [3.63, 3.8) is 0 Å². The van der Waals surface area contributed by atoms with Crippen LogP contribution in [0.15, 0.2) is 29.8 Å². The highest BCUT2D eigenvalue weighted by atomic mass is 14.5. The highest BCUT2D eigenvalue weighted by Gasteiger charge is 1.91. The summed E-state index contributed by atoms with van der Waals surface area (Å²) in [7, 11) is 0. The van der Waals surface area contributed by atoms with E-state index in [1.165, 1.54) is 11.1 Å². The topological polar surface area (TPSA) is 26.0 Å². The molecule has 0 fully saturated rings. The molecule has 1 aromatic rings. The van der Waals surface area contributed by atoms with Crippen molar-refractivity contribution in [2.75, 3.05) is 5.73 Å². The molecule has 0 amide bonds. The van der Waals surface area contributed by atoms with Gasteiger partial charge in [-0.2, -0.15) is 0 Å². The van der Waals surface area contributed by atoms with Crippen molar-refractivity contribution in [3.8, 4) is 0 Å². The molecule has 1 aromatic carbocycles. The van der Waals surface area contributed by atoms with Gasteiger partial charge in [-0.05, 0) is 30.5 Å². The Kier molecular flexibility index (Phi) is 7.43. The van der Waals surface area contributed by atoms with Crippen LogP contribution in [0.25, 0.3) is 6.08 Å². The molecule has 15 heavy (non-hydrogen) atoms. The van der Waals surface area contributed by atoms with Gasteiger partial charge in [0.1, 0.15) is 0 Å². The smallest absolute Gasteiger partial charge is 0.0314 e. The maximum atomic E-state index is 5.60. The van der Waals surface area contributed by atoms with E-state index in [1.54, 1.807) is 0 Å². The minimum absolute atomic E-state index is 0.826. The molecule has 84 valence electrons. The summed E-state index contributed by atoms with van der Waals surface area (Å²) < 4.78 is 0. The third kappa shape index (κ3) is 5.26. The van der Waals surface area contributed by atoms with Crippen LogP contribution in [0.4, 0.5) is 5.69 Å². The van der Waals surface area contributed by atoms with Gasteiger partial charge in [0.25, 0.3) is 0 Å². The Morgan fingerprint density at radius 3 is 1.93 bits per heavy atom. The molecule has 1 heteroatoms. The summed E-state index contributed by atoms with van der Waals surface area (Å²) in [6.45, 7) is 8.37. The third-order valence-corrected chi connectivity index (χ3v) is 2.22. The molecule has 0 aliphatic heterocycles. The Morgan fingerprint density at radius 1 is 1.07 bits per heavy atom. The van der Waals surface area contributed by atoms with E-state index in [0.29, 0.717) is 0 Å². The first kappa shape index (κ1) is 13.8. The molecular weight excluding hydrogens is 182 g/mol. The average molecular weight is 205 g/mol. The van der Waals surface area contributed by atoms with E-state index in [0.717, 1.165) is 18.5 Å². The Labute approximate surface area is 94.0 Å². The van der Waals surface area contributed by atoms with Crippen molar-refractivity contribution in [2.24, 2.45) is 0 Å². The summed E-state index contributed by atoms with van der Waals surface area (Å²) in [5.74, 6) is 0. The molecule has 2 N–H and O–H groups in total. The largest absolute Gasteiger partial charge is 0.399 e. The van der Waals surface area contributed by atoms with Crippen LogP contribution in [0, 0.1) is 0 Å². The minimum atomic E-state index is 0.826. The molecule has 0 spiro atoms. The van der Waals surface area contributed by atoms with Gasteiger partial charge >= 0.3 is 0 Å². The lowest BCUT2D eigenvalue weighted by atomic mass is 10.1. The predicted molar refractivity (Wildman–Crippen MR) is 70.8 cm³/mol. The van der Waals surface area contributed by atoms with E-state index < -0.39 is 0 Å². The summed E-state index contributed by atoms with van der Waals surface area (Å²) in [5, 5.41) is 0. The second kappa shape index (κ2) is 8.10. The van der Waals surface area contributed by atoms with Crippen LogP contribution in [-0.4, -0.2) is 0 Å². The van der Waals surface area contributed by atoms with Crippen LogP contribution in [-0.2, 0) is 0 Å². The molecule has 0 radical (unpaired) electrons. The van der Waals surface area contributed by atoms with Gasteiger partial charge < -0.3 is 5.73 Å². The van der Waals surface area contributed by atoms with Crippen molar-refractivity contribution in [1.29, 1.82) is 0 Å². The zero-order valence-electron chi connectivity index (χ0n) is 10.4. The molecule has 1 rings (SSSR count). The highest BCUT2D eigenvalue weighted by Crippen LogP contribution is 2.13. The van der Waals surface area contributed by atoms with Gasteiger partial charge in [0.2, 0.25) is 0 Å². The van der Waals surface area contributed by atoms with E-state index >= 15 is 0 Å². The van der Waals surface area contributed by atoms with Crippen molar-refractivity contribution in [1.82, 2.24) is 0 Å². The number of benzene rings is 1. The quantitative estimate of drug-likeness (QED) is 0.722. The monoisotopic (exact) mass is 205 g/mol. The Bertz CT molecular complexity index is 277. The molecule has 0 aromatic heterocycles. The summed E-state index contributed by atoms with van der Waals surface area (Å²) in [6.07, 6.45) is 4.49. The van der Waals surface area contributed by atoms with Gasteiger partial charge in [-0.3, -0.25) is 0 Å². The van der Waals surface area contributed by atoms with Crippen LogP contribution in [0.5, 0.6) is 0 Å². The van der Waals surface area contributed by atoms with Gasteiger partial charge in [-0.1, -0.05) is 51.5 Å². The number of nitrogen functional groups attached to an aromatic ring is 1. The molecule has 0 saturated heterocycles. The third-order valence-electron chi connectivity index (χ3n) is 2.22. The fourth-order valence-corrected chi connectivity index (χ4v) is 1.28. The van der Waals surface area contributed by atoms with E-state index in [-0.39, 0.29) is 0 Å². The SMILES string of the molecule is CC.CCC(=Cc1ccc(N)cc1)CC.